The third kappa shape index (κ3) is 4.93. The number of benzene rings is 2. The highest BCUT2D eigenvalue weighted by Crippen LogP contribution is 2.10. The number of hydroxylamine groups is 2. The summed E-state index contributed by atoms with van der Waals surface area (Å²) >= 11 is 0. The van der Waals surface area contributed by atoms with Gasteiger partial charge in [-0.1, -0.05) is 49.7 Å². The lowest BCUT2D eigenvalue weighted by molar-refractivity contribution is -0.293. The first kappa shape index (κ1) is 16.7. The van der Waals surface area contributed by atoms with Crippen molar-refractivity contribution in [2.45, 2.75) is 19.8 Å². The lowest BCUT2D eigenvalue weighted by atomic mass is 10.2. The minimum absolute atomic E-state index is 0.289. The second kappa shape index (κ2) is 8.70. The van der Waals surface area contributed by atoms with Crippen LogP contribution in [-0.4, -0.2) is 23.7 Å². The number of rotatable bonds is 6. The van der Waals surface area contributed by atoms with Gasteiger partial charge in [0.25, 0.3) is 0 Å². The average Bonchev–Trinajstić information content (AvgIpc) is 2.62. The van der Waals surface area contributed by atoms with E-state index in [9.17, 15) is 9.59 Å². The fourth-order valence-electron chi connectivity index (χ4n) is 1.81. The maximum Gasteiger partial charge on any atom is 0.366 e. The van der Waals surface area contributed by atoms with Gasteiger partial charge in [-0.05, 0) is 35.9 Å². The quantitative estimate of drug-likeness (QED) is 0.603. The van der Waals surface area contributed by atoms with E-state index >= 15 is 0 Å². The van der Waals surface area contributed by atoms with Crippen LogP contribution in [0.1, 0.15) is 40.5 Å². The summed E-state index contributed by atoms with van der Waals surface area (Å²) in [6, 6.07) is 17.0. The number of unbranched alkanes of at least 4 members (excludes halogenated alkanes) is 1. The van der Waals surface area contributed by atoms with Crippen LogP contribution in [0, 0.1) is 0 Å². The molecule has 0 aliphatic rings. The summed E-state index contributed by atoms with van der Waals surface area (Å²) in [5, 5.41) is 0.667. The van der Waals surface area contributed by atoms with Gasteiger partial charge in [0, 0.05) is 5.56 Å². The van der Waals surface area contributed by atoms with Gasteiger partial charge in [0.05, 0.1) is 12.2 Å². The molecule has 2 rings (SSSR count). The standard InChI is InChI=1S/C18H19NO4/c1-2-3-14-22-19(17(20)15-10-6-4-7-11-15)23-18(21)16-12-8-5-9-13-16/h4-13H,2-3,14H2,1H3. The minimum Gasteiger partial charge on any atom is -0.306 e. The zero-order valence-corrected chi connectivity index (χ0v) is 13.0. The Morgan fingerprint density at radius 1 is 0.913 bits per heavy atom. The molecule has 0 unspecified atom stereocenters. The zero-order valence-electron chi connectivity index (χ0n) is 13.0. The van der Waals surface area contributed by atoms with E-state index in [0.29, 0.717) is 16.4 Å². The average molecular weight is 313 g/mol. The normalized spacial score (nSPS) is 10.1. The van der Waals surface area contributed by atoms with Crippen molar-refractivity contribution in [3.8, 4) is 0 Å². The molecular weight excluding hydrogens is 294 g/mol. The van der Waals surface area contributed by atoms with Crippen LogP contribution < -0.4 is 0 Å². The number of nitrogens with zero attached hydrogens (tertiary/aromatic N) is 1. The van der Waals surface area contributed by atoms with Crippen molar-refractivity contribution in [1.82, 2.24) is 5.23 Å². The molecule has 0 aromatic heterocycles. The molecule has 120 valence electrons. The molecule has 23 heavy (non-hydrogen) atoms. The van der Waals surface area contributed by atoms with Gasteiger partial charge < -0.3 is 4.84 Å². The summed E-state index contributed by atoms with van der Waals surface area (Å²) in [4.78, 5) is 35.0. The fourth-order valence-corrected chi connectivity index (χ4v) is 1.81. The van der Waals surface area contributed by atoms with Crippen LogP contribution in [0.15, 0.2) is 60.7 Å². The first-order valence-electron chi connectivity index (χ1n) is 7.52. The van der Waals surface area contributed by atoms with Gasteiger partial charge in [-0.2, -0.15) is 0 Å². The summed E-state index contributed by atoms with van der Waals surface area (Å²) in [6.07, 6.45) is 1.65. The van der Waals surface area contributed by atoms with Crippen molar-refractivity contribution in [3.63, 3.8) is 0 Å². The molecule has 1 amide bonds. The molecule has 5 heteroatoms. The molecule has 0 atom stereocenters. The molecule has 0 saturated carbocycles. The molecule has 0 radical (unpaired) electrons. The molecule has 2 aromatic carbocycles. The van der Waals surface area contributed by atoms with Crippen LogP contribution in [0.2, 0.25) is 0 Å². The van der Waals surface area contributed by atoms with E-state index in [1.807, 2.05) is 6.92 Å². The molecule has 0 fully saturated rings. The van der Waals surface area contributed by atoms with E-state index in [1.54, 1.807) is 60.7 Å². The molecule has 0 bridgehead atoms. The van der Waals surface area contributed by atoms with Crippen molar-refractivity contribution >= 4 is 11.9 Å². The molecule has 2 aromatic rings. The van der Waals surface area contributed by atoms with Crippen LogP contribution in [0.3, 0.4) is 0 Å². The summed E-state index contributed by atoms with van der Waals surface area (Å²) in [5.41, 5.74) is 0.724. The van der Waals surface area contributed by atoms with Crippen LogP contribution >= 0.6 is 0 Å². The van der Waals surface area contributed by atoms with Crippen LogP contribution in [0.5, 0.6) is 0 Å². The maximum atomic E-state index is 12.4. The van der Waals surface area contributed by atoms with Gasteiger partial charge in [0.15, 0.2) is 0 Å². The van der Waals surface area contributed by atoms with E-state index < -0.39 is 11.9 Å². The molecule has 0 aliphatic heterocycles. The summed E-state index contributed by atoms with van der Waals surface area (Å²) in [7, 11) is 0. The van der Waals surface area contributed by atoms with Crippen molar-refractivity contribution in [1.29, 1.82) is 0 Å². The Balaban J connectivity index is 2.10. The minimum atomic E-state index is -0.647. The zero-order chi connectivity index (χ0) is 16.5. The molecular formula is C18H19NO4. The number of hydrogen-bond acceptors (Lipinski definition) is 4. The highest BCUT2D eigenvalue weighted by atomic mass is 17.0. The maximum absolute atomic E-state index is 12.4. The Morgan fingerprint density at radius 2 is 1.48 bits per heavy atom. The Morgan fingerprint density at radius 3 is 2.04 bits per heavy atom. The first-order chi connectivity index (χ1) is 11.2. The van der Waals surface area contributed by atoms with Gasteiger partial charge in [0.1, 0.15) is 0 Å². The van der Waals surface area contributed by atoms with Crippen LogP contribution in [-0.2, 0) is 9.68 Å². The van der Waals surface area contributed by atoms with E-state index in [4.69, 9.17) is 9.68 Å². The van der Waals surface area contributed by atoms with Gasteiger partial charge in [-0.25, -0.2) is 9.63 Å². The molecule has 0 spiro atoms. The Kier molecular flexibility index (Phi) is 6.32. The van der Waals surface area contributed by atoms with Gasteiger partial charge in [0.2, 0.25) is 0 Å². The smallest absolute Gasteiger partial charge is 0.306 e. The molecule has 0 N–H and O–H groups in total. The van der Waals surface area contributed by atoms with Crippen molar-refractivity contribution in [2.75, 3.05) is 6.61 Å². The lowest BCUT2D eigenvalue weighted by Gasteiger charge is -2.19. The van der Waals surface area contributed by atoms with Gasteiger partial charge in [-0.3, -0.25) is 4.79 Å². The predicted molar refractivity (Wildman–Crippen MR) is 85.3 cm³/mol. The fraction of sp³-hybridized carbons (Fsp3) is 0.222. The summed E-state index contributed by atoms with van der Waals surface area (Å²) in [5.74, 6) is -1.17. The number of carbonyl (C=O) groups excluding carboxylic acids is 2. The summed E-state index contributed by atoms with van der Waals surface area (Å²) in [6.45, 7) is 2.29. The third-order valence-electron chi connectivity index (χ3n) is 3.07. The lowest BCUT2D eigenvalue weighted by Crippen LogP contribution is -2.34. The molecule has 0 saturated heterocycles. The molecule has 5 nitrogen and oxygen atoms in total. The SMILES string of the molecule is CCCCON(OC(=O)c1ccccc1)C(=O)c1ccccc1. The third-order valence-corrected chi connectivity index (χ3v) is 3.07. The number of hydrogen-bond donors (Lipinski definition) is 0. The van der Waals surface area contributed by atoms with Crippen LogP contribution in [0.4, 0.5) is 0 Å². The summed E-state index contributed by atoms with van der Waals surface area (Å²) < 4.78 is 0. The van der Waals surface area contributed by atoms with Crippen LogP contribution in [0.25, 0.3) is 0 Å². The topological polar surface area (TPSA) is 55.8 Å². The second-order valence-electron chi connectivity index (χ2n) is 4.86. The van der Waals surface area contributed by atoms with Gasteiger partial charge in [-0.15, -0.1) is 0 Å². The van der Waals surface area contributed by atoms with E-state index in [2.05, 4.69) is 0 Å². The van der Waals surface area contributed by atoms with Crippen molar-refractivity contribution < 1.29 is 19.3 Å². The Labute approximate surface area is 135 Å². The van der Waals surface area contributed by atoms with E-state index in [-0.39, 0.29) is 6.61 Å². The van der Waals surface area contributed by atoms with Crippen molar-refractivity contribution in [2.24, 2.45) is 0 Å². The van der Waals surface area contributed by atoms with E-state index in [1.165, 1.54) is 0 Å². The van der Waals surface area contributed by atoms with Gasteiger partial charge >= 0.3 is 11.9 Å². The van der Waals surface area contributed by atoms with E-state index in [0.717, 1.165) is 12.8 Å². The number of amides is 1. The molecule has 0 aliphatic carbocycles. The largest absolute Gasteiger partial charge is 0.366 e. The Bertz CT molecular complexity index is 628. The highest BCUT2D eigenvalue weighted by Gasteiger charge is 2.22. The number of carbonyl (C=O) groups is 2. The highest BCUT2D eigenvalue weighted by molar-refractivity contribution is 5.95. The monoisotopic (exact) mass is 313 g/mol. The molecule has 0 heterocycles. The van der Waals surface area contributed by atoms with Crippen molar-refractivity contribution in [3.05, 3.63) is 71.8 Å². The Hall–Kier alpha value is -2.66. The first-order valence-corrected chi connectivity index (χ1v) is 7.52. The second-order valence-corrected chi connectivity index (χ2v) is 4.86. The predicted octanol–water partition coefficient (Wildman–Crippen LogP) is 3.63.